The lowest BCUT2D eigenvalue weighted by Gasteiger charge is -2.27. The first kappa shape index (κ1) is 22.8. The van der Waals surface area contributed by atoms with Crippen molar-refractivity contribution in [1.29, 1.82) is 0 Å². The zero-order valence-corrected chi connectivity index (χ0v) is 19.6. The van der Waals surface area contributed by atoms with Gasteiger partial charge in [0.25, 0.3) is 0 Å². The average molecular weight is 490 g/mol. The van der Waals surface area contributed by atoms with Crippen molar-refractivity contribution in [1.82, 2.24) is 15.1 Å². The standard InChI is InChI=1S/C27H24ClN3O4/c28-22-13-20(24(32)14-25(22)33)27-21-15-31(10-9-23(21)29-30-27)26(34)12-18-7-4-8-19(11-18)35-16-17-5-2-1-3-6-17/h1-8,11,13-14,32-33H,9-10,12,15-16H2,(H,29,30). The van der Waals surface area contributed by atoms with E-state index in [-0.39, 0.29) is 28.8 Å². The van der Waals surface area contributed by atoms with E-state index in [9.17, 15) is 15.0 Å². The zero-order valence-electron chi connectivity index (χ0n) is 18.9. The molecule has 5 rings (SSSR count). The number of aromatic nitrogens is 2. The van der Waals surface area contributed by atoms with Crippen molar-refractivity contribution in [3.8, 4) is 28.5 Å². The Hall–Kier alpha value is -3.97. The summed E-state index contributed by atoms with van der Waals surface area (Å²) < 4.78 is 5.90. The van der Waals surface area contributed by atoms with Gasteiger partial charge in [0.1, 0.15) is 29.5 Å². The largest absolute Gasteiger partial charge is 0.507 e. The maximum atomic E-state index is 13.2. The molecule has 4 aromatic rings. The molecule has 0 aliphatic carbocycles. The highest BCUT2D eigenvalue weighted by Gasteiger charge is 2.27. The SMILES string of the molecule is O=C(Cc1cccc(OCc2ccccc2)c1)N1CCc2[nH]nc(-c3cc(Cl)c(O)cc3O)c2C1. The number of phenols is 2. The number of benzene rings is 3. The van der Waals surface area contributed by atoms with Crippen molar-refractivity contribution in [2.75, 3.05) is 6.54 Å². The van der Waals surface area contributed by atoms with Crippen LogP contribution in [-0.4, -0.2) is 37.8 Å². The molecule has 0 radical (unpaired) electrons. The minimum atomic E-state index is -0.205. The lowest BCUT2D eigenvalue weighted by Crippen LogP contribution is -2.36. The summed E-state index contributed by atoms with van der Waals surface area (Å²) in [5.41, 5.74) is 4.64. The summed E-state index contributed by atoms with van der Waals surface area (Å²) in [5, 5.41) is 27.6. The number of fused-ring (bicyclic) bond motifs is 1. The predicted molar refractivity (Wildman–Crippen MR) is 132 cm³/mol. The van der Waals surface area contributed by atoms with Crippen LogP contribution in [0, 0.1) is 0 Å². The van der Waals surface area contributed by atoms with E-state index in [2.05, 4.69) is 10.2 Å². The van der Waals surface area contributed by atoms with E-state index in [1.165, 1.54) is 12.1 Å². The molecule has 0 bridgehead atoms. The Morgan fingerprint density at radius 2 is 1.83 bits per heavy atom. The number of carbonyl (C=O) groups is 1. The molecule has 35 heavy (non-hydrogen) atoms. The third-order valence-electron chi connectivity index (χ3n) is 6.11. The first-order chi connectivity index (χ1) is 17.0. The van der Waals surface area contributed by atoms with Gasteiger partial charge in [-0.3, -0.25) is 9.89 Å². The van der Waals surface area contributed by atoms with Crippen molar-refractivity contribution in [2.45, 2.75) is 26.0 Å². The highest BCUT2D eigenvalue weighted by Crippen LogP contribution is 2.39. The van der Waals surface area contributed by atoms with Gasteiger partial charge in [0, 0.05) is 42.4 Å². The van der Waals surface area contributed by atoms with Gasteiger partial charge in [0.05, 0.1) is 11.4 Å². The van der Waals surface area contributed by atoms with Gasteiger partial charge in [-0.1, -0.05) is 54.1 Å². The van der Waals surface area contributed by atoms with Gasteiger partial charge in [-0.15, -0.1) is 0 Å². The maximum Gasteiger partial charge on any atom is 0.227 e. The number of aromatic amines is 1. The summed E-state index contributed by atoms with van der Waals surface area (Å²) in [5.74, 6) is 0.383. The molecule has 0 fully saturated rings. The number of nitrogens with one attached hydrogen (secondary N) is 1. The minimum absolute atomic E-state index is 0.00373. The van der Waals surface area contributed by atoms with Gasteiger partial charge < -0.3 is 19.8 Å². The number of halogens is 1. The first-order valence-corrected chi connectivity index (χ1v) is 11.7. The molecule has 0 spiro atoms. The molecule has 178 valence electrons. The van der Waals surface area contributed by atoms with Gasteiger partial charge in [0.2, 0.25) is 5.91 Å². The Bertz CT molecular complexity index is 1370. The molecule has 7 nitrogen and oxygen atoms in total. The second kappa shape index (κ2) is 9.72. The molecule has 1 aromatic heterocycles. The van der Waals surface area contributed by atoms with Crippen LogP contribution in [0.3, 0.4) is 0 Å². The monoisotopic (exact) mass is 489 g/mol. The number of rotatable bonds is 6. The number of phenolic OH excluding ortho intramolecular Hbond substituents is 2. The normalized spacial score (nSPS) is 12.9. The van der Waals surface area contributed by atoms with E-state index in [4.69, 9.17) is 16.3 Å². The van der Waals surface area contributed by atoms with Crippen LogP contribution in [0.2, 0.25) is 5.02 Å². The van der Waals surface area contributed by atoms with Crippen molar-refractivity contribution in [3.05, 3.63) is 94.1 Å². The Morgan fingerprint density at radius 3 is 2.66 bits per heavy atom. The van der Waals surface area contributed by atoms with Crippen molar-refractivity contribution >= 4 is 17.5 Å². The summed E-state index contributed by atoms with van der Waals surface area (Å²) in [7, 11) is 0. The topological polar surface area (TPSA) is 98.7 Å². The summed E-state index contributed by atoms with van der Waals surface area (Å²) in [4.78, 5) is 14.9. The average Bonchev–Trinajstić information content (AvgIpc) is 3.29. The van der Waals surface area contributed by atoms with Crippen molar-refractivity contribution in [3.63, 3.8) is 0 Å². The molecule has 0 saturated carbocycles. The number of aromatic hydroxyl groups is 2. The van der Waals surface area contributed by atoms with Crippen LogP contribution in [-0.2, 0) is 30.8 Å². The molecule has 0 unspecified atom stereocenters. The predicted octanol–water partition coefficient (Wildman–Crippen LogP) is 4.85. The summed E-state index contributed by atoms with van der Waals surface area (Å²) in [6.45, 7) is 1.40. The number of nitrogens with zero attached hydrogens (tertiary/aromatic N) is 2. The zero-order chi connectivity index (χ0) is 24.4. The van der Waals surface area contributed by atoms with Gasteiger partial charge >= 0.3 is 0 Å². The lowest BCUT2D eigenvalue weighted by atomic mass is 9.99. The summed E-state index contributed by atoms with van der Waals surface area (Å²) >= 11 is 6.05. The van der Waals surface area contributed by atoms with Crippen molar-refractivity contribution < 1.29 is 19.7 Å². The third kappa shape index (κ3) is 4.95. The van der Waals surface area contributed by atoms with Crippen LogP contribution < -0.4 is 4.74 Å². The summed E-state index contributed by atoms with van der Waals surface area (Å²) in [6.07, 6.45) is 0.877. The lowest BCUT2D eigenvalue weighted by molar-refractivity contribution is -0.131. The molecule has 3 aromatic carbocycles. The number of carbonyl (C=O) groups excluding carboxylic acids is 1. The van der Waals surface area contributed by atoms with E-state index in [0.29, 0.717) is 37.4 Å². The van der Waals surface area contributed by atoms with Gasteiger partial charge in [0.15, 0.2) is 0 Å². The number of hydrogen-bond acceptors (Lipinski definition) is 5. The van der Waals surface area contributed by atoms with E-state index in [1.54, 1.807) is 4.90 Å². The fraction of sp³-hybridized carbons (Fsp3) is 0.185. The Kier molecular flexibility index (Phi) is 6.33. The fourth-order valence-corrected chi connectivity index (χ4v) is 4.41. The molecular weight excluding hydrogens is 466 g/mol. The fourth-order valence-electron chi connectivity index (χ4n) is 4.24. The first-order valence-electron chi connectivity index (χ1n) is 11.3. The van der Waals surface area contributed by atoms with Gasteiger partial charge in [-0.25, -0.2) is 0 Å². The number of amides is 1. The van der Waals surface area contributed by atoms with Crippen LogP contribution in [0.25, 0.3) is 11.3 Å². The maximum absolute atomic E-state index is 13.2. The Labute approximate surface area is 207 Å². The van der Waals surface area contributed by atoms with Gasteiger partial charge in [-0.05, 0) is 29.3 Å². The molecule has 1 amide bonds. The molecular formula is C27H24ClN3O4. The highest BCUT2D eigenvalue weighted by molar-refractivity contribution is 6.32. The number of hydrogen-bond donors (Lipinski definition) is 3. The van der Waals surface area contributed by atoms with E-state index in [1.807, 2.05) is 54.6 Å². The molecule has 8 heteroatoms. The van der Waals surface area contributed by atoms with E-state index in [0.717, 1.165) is 28.1 Å². The van der Waals surface area contributed by atoms with Crippen LogP contribution >= 0.6 is 11.6 Å². The molecule has 1 aliphatic heterocycles. The second-order valence-electron chi connectivity index (χ2n) is 8.51. The van der Waals surface area contributed by atoms with Crippen LogP contribution in [0.15, 0.2) is 66.7 Å². The molecule has 2 heterocycles. The van der Waals surface area contributed by atoms with Crippen LogP contribution in [0.5, 0.6) is 17.2 Å². The molecule has 0 atom stereocenters. The number of H-pyrrole nitrogens is 1. The van der Waals surface area contributed by atoms with Crippen molar-refractivity contribution in [2.24, 2.45) is 0 Å². The van der Waals surface area contributed by atoms with Crippen LogP contribution in [0.1, 0.15) is 22.4 Å². The van der Waals surface area contributed by atoms with E-state index >= 15 is 0 Å². The molecule has 3 N–H and O–H groups in total. The highest BCUT2D eigenvalue weighted by atomic mass is 35.5. The van der Waals surface area contributed by atoms with Crippen LogP contribution in [0.4, 0.5) is 0 Å². The van der Waals surface area contributed by atoms with E-state index < -0.39 is 0 Å². The molecule has 1 aliphatic rings. The van der Waals surface area contributed by atoms with Gasteiger partial charge in [-0.2, -0.15) is 5.10 Å². The Balaban J connectivity index is 1.28. The molecule has 0 saturated heterocycles. The Morgan fingerprint density at radius 1 is 1.03 bits per heavy atom. The smallest absolute Gasteiger partial charge is 0.227 e. The minimum Gasteiger partial charge on any atom is -0.507 e. The quantitative estimate of drug-likeness (QED) is 0.359. The third-order valence-corrected chi connectivity index (χ3v) is 6.41. The summed E-state index contributed by atoms with van der Waals surface area (Å²) in [6, 6.07) is 20.2. The second-order valence-corrected chi connectivity index (χ2v) is 8.92. The number of ether oxygens (including phenoxy) is 1.